The standard InChI is InChI=1S/C15H17NO3/c1-11(17)14-4-3-9-16(14)10-12-5-7-13(8-6-12)15(18)19-2/h3-9,11,17H,10H2,1-2H3. The molecule has 0 amide bonds. The summed E-state index contributed by atoms with van der Waals surface area (Å²) in [6, 6.07) is 11.1. The number of hydrogen-bond donors (Lipinski definition) is 1. The highest BCUT2D eigenvalue weighted by Gasteiger charge is 2.08. The van der Waals surface area contributed by atoms with Gasteiger partial charge in [-0.1, -0.05) is 12.1 Å². The third-order valence-electron chi connectivity index (χ3n) is 3.02. The lowest BCUT2D eigenvalue weighted by atomic mass is 10.1. The van der Waals surface area contributed by atoms with Gasteiger partial charge in [-0.2, -0.15) is 0 Å². The van der Waals surface area contributed by atoms with E-state index in [9.17, 15) is 9.90 Å². The van der Waals surface area contributed by atoms with Gasteiger partial charge in [-0.3, -0.25) is 0 Å². The Morgan fingerprint density at radius 3 is 2.58 bits per heavy atom. The number of aliphatic hydroxyl groups is 1. The Balaban J connectivity index is 2.15. The third kappa shape index (κ3) is 3.03. The molecule has 4 nitrogen and oxygen atoms in total. The molecule has 2 aromatic rings. The molecule has 0 spiro atoms. The van der Waals surface area contributed by atoms with Gasteiger partial charge in [0.15, 0.2) is 0 Å². The summed E-state index contributed by atoms with van der Waals surface area (Å²) in [7, 11) is 1.37. The van der Waals surface area contributed by atoms with E-state index in [0.717, 1.165) is 11.3 Å². The first kappa shape index (κ1) is 13.4. The number of nitrogens with zero attached hydrogens (tertiary/aromatic N) is 1. The van der Waals surface area contributed by atoms with Gasteiger partial charge in [-0.25, -0.2) is 4.79 Å². The molecule has 0 saturated heterocycles. The molecule has 1 aromatic carbocycles. The van der Waals surface area contributed by atoms with E-state index >= 15 is 0 Å². The van der Waals surface area contributed by atoms with Crippen molar-refractivity contribution >= 4 is 5.97 Å². The molecule has 2 rings (SSSR count). The maximum atomic E-state index is 11.3. The van der Waals surface area contributed by atoms with Crippen molar-refractivity contribution in [2.24, 2.45) is 0 Å². The van der Waals surface area contributed by atoms with E-state index in [4.69, 9.17) is 0 Å². The number of esters is 1. The molecule has 0 aliphatic heterocycles. The van der Waals surface area contributed by atoms with E-state index in [1.807, 2.05) is 35.0 Å². The van der Waals surface area contributed by atoms with Crippen LogP contribution in [0.15, 0.2) is 42.6 Å². The van der Waals surface area contributed by atoms with Crippen molar-refractivity contribution in [1.29, 1.82) is 0 Å². The molecule has 19 heavy (non-hydrogen) atoms. The zero-order valence-corrected chi connectivity index (χ0v) is 11.0. The molecular weight excluding hydrogens is 242 g/mol. The van der Waals surface area contributed by atoms with Crippen LogP contribution in [0.2, 0.25) is 0 Å². The fraction of sp³-hybridized carbons (Fsp3) is 0.267. The number of carbonyl (C=O) groups is 1. The van der Waals surface area contributed by atoms with Crippen LogP contribution in [0, 0.1) is 0 Å². The molecule has 0 radical (unpaired) electrons. The maximum Gasteiger partial charge on any atom is 0.337 e. The average molecular weight is 259 g/mol. The highest BCUT2D eigenvalue weighted by Crippen LogP contribution is 2.15. The van der Waals surface area contributed by atoms with Crippen molar-refractivity contribution in [2.75, 3.05) is 7.11 Å². The Hall–Kier alpha value is -2.07. The van der Waals surface area contributed by atoms with E-state index in [1.165, 1.54) is 7.11 Å². The fourth-order valence-electron chi connectivity index (χ4n) is 2.01. The van der Waals surface area contributed by atoms with Crippen molar-refractivity contribution < 1.29 is 14.6 Å². The number of ether oxygens (including phenoxy) is 1. The first-order valence-corrected chi connectivity index (χ1v) is 6.12. The molecule has 0 aliphatic rings. The van der Waals surface area contributed by atoms with Crippen molar-refractivity contribution in [3.63, 3.8) is 0 Å². The largest absolute Gasteiger partial charge is 0.465 e. The molecule has 0 bridgehead atoms. The van der Waals surface area contributed by atoms with Gasteiger partial charge in [-0.15, -0.1) is 0 Å². The van der Waals surface area contributed by atoms with Crippen molar-refractivity contribution in [2.45, 2.75) is 19.6 Å². The topological polar surface area (TPSA) is 51.5 Å². The zero-order chi connectivity index (χ0) is 13.8. The summed E-state index contributed by atoms with van der Waals surface area (Å²) in [5.74, 6) is -0.336. The summed E-state index contributed by atoms with van der Waals surface area (Å²) in [5.41, 5.74) is 2.47. The van der Waals surface area contributed by atoms with Gasteiger partial charge < -0.3 is 14.4 Å². The third-order valence-corrected chi connectivity index (χ3v) is 3.02. The molecule has 100 valence electrons. The van der Waals surface area contributed by atoms with Gasteiger partial charge in [-0.05, 0) is 36.8 Å². The lowest BCUT2D eigenvalue weighted by Crippen LogP contribution is -2.06. The highest BCUT2D eigenvalue weighted by atomic mass is 16.5. The second-order valence-electron chi connectivity index (χ2n) is 4.43. The predicted molar refractivity (Wildman–Crippen MR) is 71.9 cm³/mol. The Labute approximate surface area is 112 Å². The number of hydrogen-bond acceptors (Lipinski definition) is 3. The molecule has 1 atom stereocenters. The Bertz CT molecular complexity index is 555. The Kier molecular flexibility index (Phi) is 4.02. The second-order valence-corrected chi connectivity index (χ2v) is 4.43. The van der Waals surface area contributed by atoms with Crippen LogP contribution >= 0.6 is 0 Å². The van der Waals surface area contributed by atoms with Crippen LogP contribution in [-0.2, 0) is 11.3 Å². The Morgan fingerprint density at radius 2 is 2.00 bits per heavy atom. The fourth-order valence-corrected chi connectivity index (χ4v) is 2.01. The van der Waals surface area contributed by atoms with E-state index in [1.54, 1.807) is 19.1 Å². The molecule has 0 fully saturated rings. The van der Waals surface area contributed by atoms with Crippen LogP contribution in [0.1, 0.15) is 34.6 Å². The van der Waals surface area contributed by atoms with Gasteiger partial charge in [0.2, 0.25) is 0 Å². The predicted octanol–water partition coefficient (Wildman–Crippen LogP) is 2.38. The van der Waals surface area contributed by atoms with Gasteiger partial charge in [0, 0.05) is 18.4 Å². The van der Waals surface area contributed by atoms with E-state index in [2.05, 4.69) is 4.74 Å². The van der Waals surface area contributed by atoms with Crippen LogP contribution in [0.25, 0.3) is 0 Å². The van der Waals surface area contributed by atoms with Crippen LogP contribution in [0.3, 0.4) is 0 Å². The summed E-state index contributed by atoms with van der Waals surface area (Å²) in [6.07, 6.45) is 1.43. The lowest BCUT2D eigenvalue weighted by Gasteiger charge is -2.11. The van der Waals surface area contributed by atoms with Crippen LogP contribution in [-0.4, -0.2) is 22.8 Å². The monoisotopic (exact) mass is 259 g/mol. The summed E-state index contributed by atoms with van der Waals surface area (Å²) >= 11 is 0. The molecule has 1 unspecified atom stereocenters. The lowest BCUT2D eigenvalue weighted by molar-refractivity contribution is 0.0600. The van der Waals surface area contributed by atoms with E-state index < -0.39 is 6.10 Å². The minimum atomic E-state index is -0.496. The average Bonchev–Trinajstić information content (AvgIpc) is 2.87. The van der Waals surface area contributed by atoms with Gasteiger partial charge in [0.25, 0.3) is 0 Å². The summed E-state index contributed by atoms with van der Waals surface area (Å²) in [5, 5.41) is 9.64. The highest BCUT2D eigenvalue weighted by molar-refractivity contribution is 5.89. The summed E-state index contributed by atoms with van der Waals surface area (Å²) in [6.45, 7) is 2.40. The number of benzene rings is 1. The van der Waals surface area contributed by atoms with Gasteiger partial charge in [0.05, 0.1) is 18.8 Å². The van der Waals surface area contributed by atoms with Gasteiger partial charge in [0.1, 0.15) is 0 Å². The molecule has 0 aliphatic carbocycles. The normalized spacial score (nSPS) is 12.2. The number of rotatable bonds is 4. The van der Waals surface area contributed by atoms with Crippen molar-refractivity contribution in [3.8, 4) is 0 Å². The minimum Gasteiger partial charge on any atom is -0.465 e. The van der Waals surface area contributed by atoms with E-state index in [0.29, 0.717) is 12.1 Å². The molecule has 1 N–H and O–H groups in total. The number of aromatic nitrogens is 1. The SMILES string of the molecule is COC(=O)c1ccc(Cn2cccc2C(C)O)cc1. The van der Waals surface area contributed by atoms with Crippen LogP contribution in [0.4, 0.5) is 0 Å². The number of methoxy groups -OCH3 is 1. The second kappa shape index (κ2) is 5.71. The van der Waals surface area contributed by atoms with Crippen molar-refractivity contribution in [1.82, 2.24) is 4.57 Å². The summed E-state index contributed by atoms with van der Waals surface area (Å²) in [4.78, 5) is 11.3. The first-order valence-electron chi connectivity index (χ1n) is 6.12. The van der Waals surface area contributed by atoms with Crippen LogP contribution < -0.4 is 0 Å². The first-order chi connectivity index (χ1) is 9.11. The molecule has 0 saturated carbocycles. The number of carbonyl (C=O) groups excluding carboxylic acids is 1. The zero-order valence-electron chi connectivity index (χ0n) is 11.0. The van der Waals surface area contributed by atoms with Crippen LogP contribution in [0.5, 0.6) is 0 Å². The Morgan fingerprint density at radius 1 is 1.32 bits per heavy atom. The maximum absolute atomic E-state index is 11.3. The molecule has 1 heterocycles. The minimum absolute atomic E-state index is 0.336. The number of aliphatic hydroxyl groups excluding tert-OH is 1. The molecule has 1 aromatic heterocycles. The molecule has 4 heteroatoms. The van der Waals surface area contributed by atoms with E-state index in [-0.39, 0.29) is 5.97 Å². The molecular formula is C15H17NO3. The smallest absolute Gasteiger partial charge is 0.337 e. The van der Waals surface area contributed by atoms with Crippen molar-refractivity contribution in [3.05, 3.63) is 59.4 Å². The quantitative estimate of drug-likeness (QED) is 0.858. The summed E-state index contributed by atoms with van der Waals surface area (Å²) < 4.78 is 6.64. The van der Waals surface area contributed by atoms with Gasteiger partial charge >= 0.3 is 5.97 Å².